The first-order valence-corrected chi connectivity index (χ1v) is 8.32. The number of esters is 2. The number of aliphatic carboxylic acids is 1. The highest BCUT2D eigenvalue weighted by atomic mass is 16.5. The second-order valence-corrected chi connectivity index (χ2v) is 5.21. The molecule has 6 heteroatoms. The summed E-state index contributed by atoms with van der Waals surface area (Å²) in [6.45, 7) is 9.34. The van der Waals surface area contributed by atoms with Gasteiger partial charge in [-0.2, -0.15) is 0 Å². The summed E-state index contributed by atoms with van der Waals surface area (Å²) < 4.78 is 9.36. The molecule has 0 bridgehead atoms. The monoisotopic (exact) mass is 354 g/mol. The van der Waals surface area contributed by atoms with E-state index in [-0.39, 0.29) is 5.97 Å². The van der Waals surface area contributed by atoms with E-state index in [0.717, 1.165) is 31.8 Å². The number of rotatable bonds is 10. The van der Waals surface area contributed by atoms with Crippen LogP contribution in [0.4, 0.5) is 0 Å². The molecule has 1 N–H and O–H groups in total. The van der Waals surface area contributed by atoms with Crippen molar-refractivity contribution in [1.82, 2.24) is 0 Å². The fraction of sp³-hybridized carbons (Fsp3) is 0.526. The Kier molecular flexibility index (Phi) is 16.4. The molecule has 0 heterocycles. The number of hydrogen-bond donors (Lipinski definition) is 1. The van der Waals surface area contributed by atoms with Crippen molar-refractivity contribution in [2.75, 3.05) is 13.7 Å². The molecule has 0 spiro atoms. The van der Waals surface area contributed by atoms with Crippen LogP contribution in [0.2, 0.25) is 0 Å². The maximum Gasteiger partial charge on any atom is 0.337 e. The number of carbonyl (C=O) groups is 3. The van der Waals surface area contributed by atoms with Crippen molar-refractivity contribution < 1.29 is 29.0 Å². The summed E-state index contributed by atoms with van der Waals surface area (Å²) in [6.07, 6.45) is 8.70. The summed E-state index contributed by atoms with van der Waals surface area (Å²) in [7, 11) is 1.33. The lowest BCUT2D eigenvalue weighted by molar-refractivity contribution is -0.139. The number of ether oxygens (including phenoxy) is 2. The Morgan fingerprint density at radius 1 is 1.04 bits per heavy atom. The van der Waals surface area contributed by atoms with Gasteiger partial charge in [-0.05, 0) is 25.8 Å². The van der Waals surface area contributed by atoms with E-state index in [1.807, 2.05) is 6.92 Å². The van der Waals surface area contributed by atoms with Crippen LogP contribution in [0.3, 0.4) is 0 Å². The third-order valence-corrected chi connectivity index (χ3v) is 2.83. The first-order valence-electron chi connectivity index (χ1n) is 8.32. The van der Waals surface area contributed by atoms with Crippen LogP contribution in [-0.2, 0) is 23.9 Å². The van der Waals surface area contributed by atoms with Gasteiger partial charge in [-0.25, -0.2) is 14.4 Å². The second-order valence-electron chi connectivity index (χ2n) is 5.21. The van der Waals surface area contributed by atoms with Gasteiger partial charge < -0.3 is 14.6 Å². The lowest BCUT2D eigenvalue weighted by Crippen LogP contribution is -2.08. The molecule has 142 valence electrons. The van der Waals surface area contributed by atoms with Gasteiger partial charge in [-0.3, -0.25) is 0 Å². The molecule has 6 nitrogen and oxygen atoms in total. The summed E-state index contributed by atoms with van der Waals surface area (Å²) in [5.41, 5.74) is 0.734. The average Bonchev–Trinajstić information content (AvgIpc) is 2.57. The minimum Gasteiger partial charge on any atom is -0.478 e. The predicted octanol–water partition coefficient (Wildman–Crippen LogP) is 3.82. The van der Waals surface area contributed by atoms with Crippen molar-refractivity contribution in [2.45, 2.75) is 52.9 Å². The van der Waals surface area contributed by atoms with Gasteiger partial charge in [0.1, 0.15) is 0 Å². The van der Waals surface area contributed by atoms with E-state index in [9.17, 15) is 14.4 Å². The van der Waals surface area contributed by atoms with Crippen molar-refractivity contribution in [3.8, 4) is 0 Å². The van der Waals surface area contributed by atoms with Crippen LogP contribution in [0.5, 0.6) is 0 Å². The van der Waals surface area contributed by atoms with E-state index >= 15 is 0 Å². The van der Waals surface area contributed by atoms with Crippen LogP contribution in [0.15, 0.2) is 36.0 Å². The molecule has 0 aromatic rings. The van der Waals surface area contributed by atoms with Gasteiger partial charge in [0.05, 0.1) is 19.3 Å². The first kappa shape index (κ1) is 24.9. The second kappa shape index (κ2) is 16.5. The molecule has 0 aliphatic heterocycles. The lowest BCUT2D eigenvalue weighted by atomic mass is 10.2. The fourth-order valence-electron chi connectivity index (χ4n) is 1.55. The van der Waals surface area contributed by atoms with Gasteiger partial charge in [0, 0.05) is 11.6 Å². The molecule has 0 unspecified atom stereocenters. The molecule has 0 rings (SSSR count). The van der Waals surface area contributed by atoms with Crippen LogP contribution in [-0.4, -0.2) is 36.7 Å². The molecular formula is C19H30O6. The molecule has 0 atom stereocenters. The zero-order valence-electron chi connectivity index (χ0n) is 15.7. The highest BCUT2D eigenvalue weighted by molar-refractivity contribution is 5.93. The number of unbranched alkanes of at least 4 members (excludes halogenated alkanes) is 3. The molecule has 0 aromatic carbocycles. The molecule has 0 radical (unpaired) electrons. The summed E-state index contributed by atoms with van der Waals surface area (Å²) in [6, 6.07) is 0. The van der Waals surface area contributed by atoms with Crippen LogP contribution in [0.25, 0.3) is 0 Å². The van der Waals surface area contributed by atoms with E-state index in [4.69, 9.17) is 9.84 Å². The zero-order chi connectivity index (χ0) is 19.7. The van der Waals surface area contributed by atoms with Gasteiger partial charge in [0.2, 0.25) is 0 Å². The van der Waals surface area contributed by atoms with Crippen LogP contribution < -0.4 is 0 Å². The molecule has 0 saturated carbocycles. The SMILES string of the molecule is C=C(C)C(=O)OC.CCC=C(C=CC(=O)O)C(=O)OCCCCCC. The maximum absolute atomic E-state index is 11.6. The first-order chi connectivity index (χ1) is 11.8. The predicted molar refractivity (Wildman–Crippen MR) is 97.1 cm³/mol. The van der Waals surface area contributed by atoms with Crippen molar-refractivity contribution in [3.63, 3.8) is 0 Å². The Morgan fingerprint density at radius 3 is 2.08 bits per heavy atom. The Balaban J connectivity index is 0. The topological polar surface area (TPSA) is 89.9 Å². The average molecular weight is 354 g/mol. The minimum absolute atomic E-state index is 0.301. The smallest absolute Gasteiger partial charge is 0.337 e. The largest absolute Gasteiger partial charge is 0.478 e. The molecular weight excluding hydrogens is 324 g/mol. The fourth-order valence-corrected chi connectivity index (χ4v) is 1.55. The van der Waals surface area contributed by atoms with Gasteiger partial charge in [-0.1, -0.05) is 45.8 Å². The summed E-state index contributed by atoms with van der Waals surface area (Å²) in [4.78, 5) is 32.2. The normalized spacial score (nSPS) is 10.6. The van der Waals surface area contributed by atoms with Crippen LogP contribution in [0.1, 0.15) is 52.9 Å². The van der Waals surface area contributed by atoms with Crippen molar-refractivity contribution in [1.29, 1.82) is 0 Å². The maximum atomic E-state index is 11.6. The Labute approximate surface area is 150 Å². The number of carboxylic acid groups (broad SMARTS) is 1. The number of carbonyl (C=O) groups excluding carboxylic acids is 2. The third-order valence-electron chi connectivity index (χ3n) is 2.83. The Hall–Kier alpha value is -2.37. The zero-order valence-corrected chi connectivity index (χ0v) is 15.7. The highest BCUT2D eigenvalue weighted by Crippen LogP contribution is 2.05. The standard InChI is InChI=1S/C14H22O4.C5H8O2/c1-3-5-6-7-11-18-14(17)12(8-4-2)9-10-13(15)16;1-4(2)5(6)7-3/h8-10H,3-7,11H2,1-2H3,(H,15,16);1H2,2-3H3. The highest BCUT2D eigenvalue weighted by Gasteiger charge is 2.07. The van der Waals surface area contributed by atoms with Gasteiger partial charge >= 0.3 is 17.9 Å². The number of carboxylic acids is 1. The number of allylic oxidation sites excluding steroid dienone is 1. The number of methoxy groups -OCH3 is 1. The molecule has 0 fully saturated rings. The summed E-state index contributed by atoms with van der Waals surface area (Å²) in [5.74, 6) is -1.88. The third kappa shape index (κ3) is 16.3. The summed E-state index contributed by atoms with van der Waals surface area (Å²) in [5, 5.41) is 8.52. The van der Waals surface area contributed by atoms with Gasteiger partial charge in [-0.15, -0.1) is 0 Å². The van der Waals surface area contributed by atoms with Gasteiger partial charge in [0.15, 0.2) is 0 Å². The van der Waals surface area contributed by atoms with Crippen molar-refractivity contribution in [2.24, 2.45) is 0 Å². The minimum atomic E-state index is -1.08. The van der Waals surface area contributed by atoms with E-state index in [0.29, 0.717) is 24.2 Å². The summed E-state index contributed by atoms with van der Waals surface area (Å²) >= 11 is 0. The molecule has 0 aliphatic rings. The van der Waals surface area contributed by atoms with Crippen molar-refractivity contribution >= 4 is 17.9 Å². The van der Waals surface area contributed by atoms with Crippen molar-refractivity contribution in [3.05, 3.63) is 36.0 Å². The van der Waals surface area contributed by atoms with E-state index in [1.54, 1.807) is 13.0 Å². The molecule has 0 aromatic heterocycles. The molecule has 0 amide bonds. The molecule has 0 saturated heterocycles. The quantitative estimate of drug-likeness (QED) is 0.278. The lowest BCUT2D eigenvalue weighted by Gasteiger charge is -2.05. The van der Waals surface area contributed by atoms with Gasteiger partial charge in [0.25, 0.3) is 0 Å². The Bertz CT molecular complexity index is 488. The van der Waals surface area contributed by atoms with E-state index < -0.39 is 11.9 Å². The van der Waals surface area contributed by atoms with E-state index in [2.05, 4.69) is 18.2 Å². The molecule has 0 aliphatic carbocycles. The number of hydrogen-bond acceptors (Lipinski definition) is 5. The molecule has 25 heavy (non-hydrogen) atoms. The van der Waals surface area contributed by atoms with E-state index in [1.165, 1.54) is 13.2 Å². The van der Waals surface area contributed by atoms with Crippen LogP contribution >= 0.6 is 0 Å². The van der Waals surface area contributed by atoms with Crippen LogP contribution in [0, 0.1) is 0 Å². The Morgan fingerprint density at radius 2 is 1.68 bits per heavy atom.